The van der Waals surface area contributed by atoms with E-state index in [1.807, 2.05) is 4.90 Å². The number of urea groups is 1. The Hall–Kier alpha value is -1.63. The maximum atomic E-state index is 12.3. The summed E-state index contributed by atoms with van der Waals surface area (Å²) in [5.41, 5.74) is 0. The van der Waals surface area contributed by atoms with E-state index in [1.54, 1.807) is 0 Å². The second kappa shape index (κ2) is 7.32. The van der Waals surface area contributed by atoms with E-state index in [-0.39, 0.29) is 6.03 Å². The maximum Gasteiger partial charge on any atom is 0.317 e. The number of fused-ring (bicyclic) bond motifs is 1. The average Bonchev–Trinajstić information content (AvgIpc) is 3.29. The van der Waals surface area contributed by atoms with Crippen molar-refractivity contribution in [2.75, 3.05) is 32.7 Å². The lowest BCUT2D eigenvalue weighted by Crippen LogP contribution is -2.51. The molecule has 2 unspecified atom stereocenters. The molecule has 3 heterocycles. The molecule has 2 fully saturated rings. The number of nitrogens with zero attached hydrogens (tertiary/aromatic N) is 5. The molecule has 2 aliphatic heterocycles. The molecule has 7 heteroatoms. The number of hydrogen-bond donors (Lipinski definition) is 1. The van der Waals surface area contributed by atoms with E-state index in [0.29, 0.717) is 5.92 Å². The number of carbonyl (C=O) groups excluding carboxylic acids is 1. The van der Waals surface area contributed by atoms with E-state index in [2.05, 4.69) is 31.9 Å². The van der Waals surface area contributed by atoms with Gasteiger partial charge in [-0.15, -0.1) is 10.2 Å². The van der Waals surface area contributed by atoms with Gasteiger partial charge in [0.05, 0.1) is 6.54 Å². The Bertz CT molecular complexity index is 607. The third-order valence-electron chi connectivity index (χ3n) is 6.00. The molecule has 25 heavy (non-hydrogen) atoms. The molecule has 3 aliphatic rings. The molecule has 0 aromatic carbocycles. The molecule has 0 bridgehead atoms. The summed E-state index contributed by atoms with van der Waals surface area (Å²) in [5, 5.41) is 11.9. The fourth-order valence-corrected chi connectivity index (χ4v) is 3.99. The van der Waals surface area contributed by atoms with Gasteiger partial charge in [0, 0.05) is 45.7 Å². The van der Waals surface area contributed by atoms with E-state index in [4.69, 9.17) is 0 Å². The summed E-state index contributed by atoms with van der Waals surface area (Å²) in [6.45, 7) is 8.42. The van der Waals surface area contributed by atoms with Crippen molar-refractivity contribution in [2.24, 2.45) is 11.8 Å². The van der Waals surface area contributed by atoms with Gasteiger partial charge < -0.3 is 14.8 Å². The van der Waals surface area contributed by atoms with Crippen LogP contribution in [-0.4, -0.2) is 63.3 Å². The van der Waals surface area contributed by atoms with Gasteiger partial charge in [0.15, 0.2) is 0 Å². The Morgan fingerprint density at radius 1 is 1.12 bits per heavy atom. The quantitative estimate of drug-likeness (QED) is 0.897. The van der Waals surface area contributed by atoms with Gasteiger partial charge in [-0.1, -0.05) is 13.3 Å². The zero-order valence-electron chi connectivity index (χ0n) is 15.3. The van der Waals surface area contributed by atoms with Crippen molar-refractivity contribution in [3.05, 3.63) is 11.6 Å². The number of piperazine rings is 1. The van der Waals surface area contributed by atoms with Crippen molar-refractivity contribution in [1.82, 2.24) is 29.9 Å². The third kappa shape index (κ3) is 3.97. The summed E-state index contributed by atoms with van der Waals surface area (Å²) in [5.74, 6) is 3.74. The molecule has 1 aromatic rings. The smallest absolute Gasteiger partial charge is 0.317 e. The van der Waals surface area contributed by atoms with Crippen molar-refractivity contribution in [1.29, 1.82) is 0 Å². The Labute approximate surface area is 149 Å². The highest BCUT2D eigenvalue weighted by atomic mass is 16.2. The van der Waals surface area contributed by atoms with Crippen LogP contribution in [0.2, 0.25) is 0 Å². The van der Waals surface area contributed by atoms with Crippen molar-refractivity contribution in [2.45, 2.75) is 52.1 Å². The lowest BCUT2D eigenvalue weighted by atomic mass is 10.2. The summed E-state index contributed by atoms with van der Waals surface area (Å²) in [7, 11) is 0. The second-order valence-electron chi connectivity index (χ2n) is 7.92. The first kappa shape index (κ1) is 16.8. The van der Waals surface area contributed by atoms with Gasteiger partial charge in [-0.25, -0.2) is 4.79 Å². The van der Waals surface area contributed by atoms with Crippen LogP contribution in [0.4, 0.5) is 4.79 Å². The first-order chi connectivity index (χ1) is 12.2. The van der Waals surface area contributed by atoms with Crippen LogP contribution < -0.4 is 5.32 Å². The fourth-order valence-electron chi connectivity index (χ4n) is 3.99. The lowest BCUT2D eigenvalue weighted by Gasteiger charge is -2.34. The molecule has 0 spiro atoms. The number of nitrogens with one attached hydrogen (secondary N) is 1. The molecule has 4 rings (SSSR count). The summed E-state index contributed by atoms with van der Waals surface area (Å²) in [4.78, 5) is 16.6. The molecule has 1 aliphatic carbocycles. The predicted molar refractivity (Wildman–Crippen MR) is 95.1 cm³/mol. The summed E-state index contributed by atoms with van der Waals surface area (Å²) in [6, 6.07) is 0.107. The zero-order valence-corrected chi connectivity index (χ0v) is 15.3. The molecular weight excluding hydrogens is 316 g/mol. The molecule has 138 valence electrons. The van der Waals surface area contributed by atoms with Crippen LogP contribution in [-0.2, 0) is 19.5 Å². The lowest BCUT2D eigenvalue weighted by molar-refractivity contribution is 0.132. The minimum absolute atomic E-state index is 0.107. The number of rotatable bonds is 4. The normalized spacial score (nSPS) is 26.8. The van der Waals surface area contributed by atoms with Crippen LogP contribution in [0.3, 0.4) is 0 Å². The predicted octanol–water partition coefficient (Wildman–Crippen LogP) is 1.49. The van der Waals surface area contributed by atoms with Gasteiger partial charge in [0.2, 0.25) is 0 Å². The van der Waals surface area contributed by atoms with E-state index in [9.17, 15) is 4.79 Å². The van der Waals surface area contributed by atoms with Crippen molar-refractivity contribution in [3.8, 4) is 0 Å². The van der Waals surface area contributed by atoms with Crippen molar-refractivity contribution in [3.63, 3.8) is 0 Å². The number of amides is 2. The highest BCUT2D eigenvalue weighted by Crippen LogP contribution is 2.36. The molecule has 2 amide bonds. The van der Waals surface area contributed by atoms with Gasteiger partial charge in [0.25, 0.3) is 0 Å². The van der Waals surface area contributed by atoms with E-state index < -0.39 is 0 Å². The van der Waals surface area contributed by atoms with Gasteiger partial charge in [-0.2, -0.15) is 0 Å². The number of carbonyl (C=O) groups is 1. The molecular formula is C18H30N6O. The van der Waals surface area contributed by atoms with Crippen LogP contribution in [0.15, 0.2) is 0 Å². The van der Waals surface area contributed by atoms with Crippen LogP contribution in [0, 0.1) is 11.8 Å². The molecule has 1 aromatic heterocycles. The summed E-state index contributed by atoms with van der Waals surface area (Å²) in [6.07, 6.45) is 6.06. The standard InChI is InChI=1S/C18H30N6O/c1-14-11-15(14)12-19-18(25)23-9-7-22(8-10-23)13-17-21-20-16-5-3-2-4-6-24(16)17/h14-15H,2-13H2,1H3,(H,19,25). The Balaban J connectivity index is 1.25. The van der Waals surface area contributed by atoms with Crippen LogP contribution in [0.1, 0.15) is 44.3 Å². The van der Waals surface area contributed by atoms with Crippen molar-refractivity contribution < 1.29 is 4.79 Å². The topological polar surface area (TPSA) is 66.3 Å². The molecule has 7 nitrogen and oxygen atoms in total. The molecule has 0 radical (unpaired) electrons. The van der Waals surface area contributed by atoms with Gasteiger partial charge >= 0.3 is 6.03 Å². The minimum atomic E-state index is 0.107. The van der Waals surface area contributed by atoms with Crippen molar-refractivity contribution >= 4 is 6.03 Å². The largest absolute Gasteiger partial charge is 0.338 e. The van der Waals surface area contributed by atoms with E-state index in [1.165, 1.54) is 25.7 Å². The second-order valence-corrected chi connectivity index (χ2v) is 7.92. The SMILES string of the molecule is CC1CC1CNC(=O)N1CCN(Cc2nnc3n2CCCCC3)CC1. The maximum absolute atomic E-state index is 12.3. The fraction of sp³-hybridized carbons (Fsp3) is 0.833. The van der Waals surface area contributed by atoms with Crippen LogP contribution in [0.5, 0.6) is 0 Å². The zero-order chi connectivity index (χ0) is 17.2. The first-order valence-corrected chi connectivity index (χ1v) is 9.87. The van der Waals surface area contributed by atoms with Crippen LogP contribution >= 0.6 is 0 Å². The van der Waals surface area contributed by atoms with Gasteiger partial charge in [0.1, 0.15) is 11.6 Å². The molecule has 1 saturated carbocycles. The minimum Gasteiger partial charge on any atom is -0.338 e. The number of hydrogen-bond acceptors (Lipinski definition) is 4. The van der Waals surface area contributed by atoms with E-state index in [0.717, 1.165) is 69.8 Å². The van der Waals surface area contributed by atoms with E-state index >= 15 is 0 Å². The Morgan fingerprint density at radius 3 is 2.68 bits per heavy atom. The number of aryl methyl sites for hydroxylation is 1. The summed E-state index contributed by atoms with van der Waals surface area (Å²) >= 11 is 0. The summed E-state index contributed by atoms with van der Waals surface area (Å²) < 4.78 is 2.32. The Morgan fingerprint density at radius 2 is 1.92 bits per heavy atom. The highest BCUT2D eigenvalue weighted by molar-refractivity contribution is 5.74. The molecule has 1 N–H and O–H groups in total. The average molecular weight is 346 g/mol. The first-order valence-electron chi connectivity index (χ1n) is 9.87. The molecule has 2 atom stereocenters. The molecule has 1 saturated heterocycles. The van der Waals surface area contributed by atoms with Gasteiger partial charge in [-0.3, -0.25) is 4.90 Å². The van der Waals surface area contributed by atoms with Crippen LogP contribution in [0.25, 0.3) is 0 Å². The Kier molecular flexibility index (Phi) is 4.92. The third-order valence-corrected chi connectivity index (χ3v) is 6.00. The monoisotopic (exact) mass is 346 g/mol. The highest BCUT2D eigenvalue weighted by Gasteiger charge is 2.33. The van der Waals surface area contributed by atoms with Gasteiger partial charge in [-0.05, 0) is 31.1 Å². The number of aromatic nitrogens is 3.